The number of anilines is 2. The van der Waals surface area contributed by atoms with Gasteiger partial charge in [0, 0.05) is 32.7 Å². The lowest BCUT2D eigenvalue weighted by Crippen LogP contribution is -2.36. The Labute approximate surface area is 145 Å². The third-order valence-electron chi connectivity index (χ3n) is 4.71. The molecule has 1 aromatic carbocycles. The van der Waals surface area contributed by atoms with Crippen molar-refractivity contribution in [2.45, 2.75) is 44.3 Å². The molecule has 1 aliphatic carbocycles. The lowest BCUT2D eigenvalue weighted by molar-refractivity contribution is 0.352. The van der Waals surface area contributed by atoms with Gasteiger partial charge in [-0.1, -0.05) is 36.4 Å². The average molecular weight is 324 g/mol. The van der Waals surface area contributed by atoms with E-state index in [0.29, 0.717) is 12.1 Å². The van der Waals surface area contributed by atoms with Crippen molar-refractivity contribution >= 4 is 11.6 Å². The third kappa shape index (κ3) is 4.71. The molecule has 1 heterocycles. The van der Waals surface area contributed by atoms with Gasteiger partial charge < -0.3 is 15.5 Å². The number of nitrogens with one attached hydrogen (secondary N) is 2. The maximum absolute atomic E-state index is 4.66. The van der Waals surface area contributed by atoms with Crippen LogP contribution in [0.3, 0.4) is 0 Å². The molecule has 0 radical (unpaired) electrons. The van der Waals surface area contributed by atoms with Gasteiger partial charge in [-0.3, -0.25) is 0 Å². The summed E-state index contributed by atoms with van der Waals surface area (Å²) in [5.74, 6) is 1.99. The quantitative estimate of drug-likeness (QED) is 0.851. The lowest BCUT2D eigenvalue weighted by Gasteiger charge is -2.30. The van der Waals surface area contributed by atoms with E-state index in [4.69, 9.17) is 0 Å². The second kappa shape index (κ2) is 8.15. The molecule has 0 atom stereocenters. The topological polar surface area (TPSA) is 40.2 Å². The first kappa shape index (κ1) is 16.8. The van der Waals surface area contributed by atoms with Crippen molar-refractivity contribution in [2.75, 3.05) is 24.3 Å². The van der Waals surface area contributed by atoms with Gasteiger partial charge in [0.2, 0.25) is 0 Å². The molecule has 4 nitrogen and oxygen atoms in total. The summed E-state index contributed by atoms with van der Waals surface area (Å²) >= 11 is 0. The van der Waals surface area contributed by atoms with Gasteiger partial charge in [-0.15, -0.1) is 0 Å². The molecule has 128 valence electrons. The standard InChI is InChI=1S/C20H28N4/c1-24(2)20-10-6-9-19(23-20)22-18-13-11-17(12-14-18)21-15-16-7-4-3-5-8-16/h3-10,17-18,21H,11-15H2,1-2H3,(H,22,23). The number of nitrogens with zero attached hydrogens (tertiary/aromatic N) is 2. The van der Waals surface area contributed by atoms with Crippen LogP contribution in [0.2, 0.25) is 0 Å². The highest BCUT2D eigenvalue weighted by Crippen LogP contribution is 2.22. The monoisotopic (exact) mass is 324 g/mol. The second-order valence-electron chi connectivity index (χ2n) is 6.83. The van der Waals surface area contributed by atoms with Crippen molar-refractivity contribution in [2.24, 2.45) is 0 Å². The zero-order valence-electron chi connectivity index (χ0n) is 14.7. The molecule has 0 spiro atoms. The van der Waals surface area contributed by atoms with Crippen LogP contribution in [0, 0.1) is 0 Å². The predicted molar refractivity (Wildman–Crippen MR) is 102 cm³/mol. The van der Waals surface area contributed by atoms with Gasteiger partial charge in [0.15, 0.2) is 0 Å². The summed E-state index contributed by atoms with van der Waals surface area (Å²) in [5.41, 5.74) is 1.36. The Bertz CT molecular complexity index is 619. The summed E-state index contributed by atoms with van der Waals surface area (Å²) < 4.78 is 0. The molecule has 1 fully saturated rings. The van der Waals surface area contributed by atoms with Crippen LogP contribution >= 0.6 is 0 Å². The number of pyridine rings is 1. The SMILES string of the molecule is CN(C)c1cccc(NC2CCC(NCc3ccccc3)CC2)n1. The van der Waals surface area contributed by atoms with E-state index in [9.17, 15) is 0 Å². The maximum atomic E-state index is 4.66. The summed E-state index contributed by atoms with van der Waals surface area (Å²) in [4.78, 5) is 6.70. The molecular formula is C20H28N4. The predicted octanol–water partition coefficient (Wildman–Crippen LogP) is 3.66. The van der Waals surface area contributed by atoms with Gasteiger partial charge >= 0.3 is 0 Å². The van der Waals surface area contributed by atoms with Gasteiger partial charge in [0.05, 0.1) is 0 Å². The van der Waals surface area contributed by atoms with Crippen LogP contribution in [0.1, 0.15) is 31.2 Å². The number of hydrogen-bond donors (Lipinski definition) is 2. The normalized spacial score (nSPS) is 20.6. The summed E-state index contributed by atoms with van der Waals surface area (Å²) in [7, 11) is 4.05. The number of benzene rings is 1. The molecule has 24 heavy (non-hydrogen) atoms. The van der Waals surface area contributed by atoms with Crippen molar-refractivity contribution in [1.29, 1.82) is 0 Å². The number of hydrogen-bond acceptors (Lipinski definition) is 4. The van der Waals surface area contributed by atoms with Crippen LogP contribution in [-0.2, 0) is 6.54 Å². The van der Waals surface area contributed by atoms with Crippen LogP contribution in [0.4, 0.5) is 11.6 Å². The van der Waals surface area contributed by atoms with Gasteiger partial charge in [-0.05, 0) is 43.4 Å². The zero-order valence-corrected chi connectivity index (χ0v) is 14.7. The van der Waals surface area contributed by atoms with E-state index >= 15 is 0 Å². The van der Waals surface area contributed by atoms with E-state index in [-0.39, 0.29) is 0 Å². The molecule has 2 N–H and O–H groups in total. The third-order valence-corrected chi connectivity index (χ3v) is 4.71. The minimum Gasteiger partial charge on any atom is -0.367 e. The van der Waals surface area contributed by atoms with Crippen LogP contribution < -0.4 is 15.5 Å². The van der Waals surface area contributed by atoms with Crippen molar-refractivity contribution in [1.82, 2.24) is 10.3 Å². The Hall–Kier alpha value is -2.07. The van der Waals surface area contributed by atoms with Crippen molar-refractivity contribution in [3.05, 3.63) is 54.1 Å². The van der Waals surface area contributed by atoms with E-state index in [1.165, 1.54) is 31.2 Å². The average Bonchev–Trinajstić information content (AvgIpc) is 2.62. The smallest absolute Gasteiger partial charge is 0.130 e. The van der Waals surface area contributed by atoms with Crippen LogP contribution in [-0.4, -0.2) is 31.2 Å². The van der Waals surface area contributed by atoms with Crippen molar-refractivity contribution in [3.8, 4) is 0 Å². The molecule has 1 aromatic heterocycles. The molecule has 0 saturated heterocycles. The summed E-state index contributed by atoms with van der Waals surface area (Å²) in [6.07, 6.45) is 4.83. The van der Waals surface area contributed by atoms with Crippen molar-refractivity contribution in [3.63, 3.8) is 0 Å². The molecule has 2 aromatic rings. The van der Waals surface area contributed by atoms with Crippen LogP contribution in [0.15, 0.2) is 48.5 Å². The summed E-state index contributed by atoms with van der Waals surface area (Å²) in [6.45, 7) is 0.968. The van der Waals surface area contributed by atoms with Gasteiger partial charge in [-0.25, -0.2) is 4.98 Å². The van der Waals surface area contributed by atoms with E-state index < -0.39 is 0 Å². The minimum absolute atomic E-state index is 0.532. The molecule has 3 rings (SSSR count). The second-order valence-corrected chi connectivity index (χ2v) is 6.83. The van der Waals surface area contributed by atoms with Crippen molar-refractivity contribution < 1.29 is 0 Å². The van der Waals surface area contributed by atoms with E-state index in [1.807, 2.05) is 25.1 Å². The first-order valence-electron chi connectivity index (χ1n) is 8.89. The Morgan fingerprint density at radius 2 is 1.62 bits per heavy atom. The fourth-order valence-electron chi connectivity index (χ4n) is 3.26. The highest BCUT2D eigenvalue weighted by Gasteiger charge is 2.21. The summed E-state index contributed by atoms with van der Waals surface area (Å²) in [5, 5.41) is 7.30. The molecular weight excluding hydrogens is 296 g/mol. The molecule has 1 aliphatic rings. The fourth-order valence-corrected chi connectivity index (χ4v) is 3.26. The van der Waals surface area contributed by atoms with E-state index in [0.717, 1.165) is 18.2 Å². The van der Waals surface area contributed by atoms with Gasteiger partial charge in [-0.2, -0.15) is 0 Å². The highest BCUT2D eigenvalue weighted by atomic mass is 15.2. The van der Waals surface area contributed by atoms with Gasteiger partial charge in [0.25, 0.3) is 0 Å². The molecule has 1 saturated carbocycles. The first-order chi connectivity index (χ1) is 11.7. The molecule has 0 bridgehead atoms. The lowest BCUT2D eigenvalue weighted by atomic mass is 9.91. The number of rotatable bonds is 6. The summed E-state index contributed by atoms with van der Waals surface area (Å²) in [6, 6.07) is 18.0. The zero-order chi connectivity index (χ0) is 16.8. The molecule has 0 amide bonds. The fraction of sp³-hybridized carbons (Fsp3) is 0.450. The van der Waals surface area contributed by atoms with E-state index in [1.54, 1.807) is 0 Å². The number of aromatic nitrogens is 1. The van der Waals surface area contributed by atoms with E-state index in [2.05, 4.69) is 58.1 Å². The first-order valence-corrected chi connectivity index (χ1v) is 8.89. The molecule has 0 aliphatic heterocycles. The Morgan fingerprint density at radius 1 is 0.917 bits per heavy atom. The van der Waals surface area contributed by atoms with Gasteiger partial charge in [0.1, 0.15) is 11.6 Å². The Balaban J connectivity index is 1.44. The van der Waals surface area contributed by atoms with Crippen LogP contribution in [0.5, 0.6) is 0 Å². The Kier molecular flexibility index (Phi) is 5.70. The largest absolute Gasteiger partial charge is 0.367 e. The highest BCUT2D eigenvalue weighted by molar-refractivity contribution is 5.46. The maximum Gasteiger partial charge on any atom is 0.130 e. The van der Waals surface area contributed by atoms with Crippen LogP contribution in [0.25, 0.3) is 0 Å². The Morgan fingerprint density at radius 3 is 2.33 bits per heavy atom. The minimum atomic E-state index is 0.532. The molecule has 0 unspecified atom stereocenters. The molecule has 4 heteroatoms.